The highest BCUT2D eigenvalue weighted by atomic mass is 16.3. The molecule has 4 heteroatoms. The molecule has 0 aliphatic carbocycles. The smallest absolute Gasteiger partial charge is 0.115 e. The summed E-state index contributed by atoms with van der Waals surface area (Å²) < 4.78 is 0. The molecule has 4 N–H and O–H groups in total. The van der Waals surface area contributed by atoms with Gasteiger partial charge in [-0.2, -0.15) is 0 Å². The highest BCUT2D eigenvalue weighted by Crippen LogP contribution is 2.19. The van der Waals surface area contributed by atoms with Gasteiger partial charge in [0, 0.05) is 12.6 Å². The van der Waals surface area contributed by atoms with Crippen molar-refractivity contribution in [3.63, 3.8) is 0 Å². The lowest BCUT2D eigenvalue weighted by Gasteiger charge is -2.25. The Morgan fingerprint density at radius 2 is 1.88 bits per heavy atom. The number of hydrogen-bond donors (Lipinski definition) is 4. The summed E-state index contributed by atoms with van der Waals surface area (Å²) in [5, 5.41) is 31.1. The highest BCUT2D eigenvalue weighted by molar-refractivity contribution is 5.28. The van der Waals surface area contributed by atoms with Gasteiger partial charge in [-0.3, -0.25) is 0 Å². The van der Waals surface area contributed by atoms with Gasteiger partial charge in [-0.1, -0.05) is 19.1 Å². The number of hydrogen-bond acceptors (Lipinski definition) is 4. The molecule has 0 aliphatic heterocycles. The van der Waals surface area contributed by atoms with Crippen molar-refractivity contribution in [2.24, 2.45) is 0 Å². The largest absolute Gasteiger partial charge is 0.508 e. The van der Waals surface area contributed by atoms with Crippen LogP contribution < -0.4 is 5.32 Å². The van der Waals surface area contributed by atoms with Gasteiger partial charge in [-0.25, -0.2) is 0 Å². The summed E-state index contributed by atoms with van der Waals surface area (Å²) in [6.45, 7) is 3.68. The van der Waals surface area contributed by atoms with Crippen LogP contribution in [-0.4, -0.2) is 34.1 Å². The van der Waals surface area contributed by atoms with Crippen molar-refractivity contribution < 1.29 is 15.3 Å². The third kappa shape index (κ3) is 4.34. The maximum atomic E-state index is 9.71. The fraction of sp³-hybridized carbons (Fsp3) is 0.538. The number of benzene rings is 1. The van der Waals surface area contributed by atoms with Gasteiger partial charge in [0.2, 0.25) is 0 Å². The summed E-state index contributed by atoms with van der Waals surface area (Å²) in [6.07, 6.45) is 0.867. The SMILES string of the molecule is CCC(NCC(C)(O)CO)c1ccc(O)cc1. The first-order valence-corrected chi connectivity index (χ1v) is 5.84. The van der Waals surface area contributed by atoms with Crippen molar-refractivity contribution >= 4 is 0 Å². The minimum Gasteiger partial charge on any atom is -0.508 e. The second kappa shape index (κ2) is 6.00. The van der Waals surface area contributed by atoms with Crippen LogP contribution in [0.4, 0.5) is 0 Å². The molecule has 2 atom stereocenters. The molecule has 0 bridgehead atoms. The third-order valence-electron chi connectivity index (χ3n) is 2.77. The highest BCUT2D eigenvalue weighted by Gasteiger charge is 2.20. The normalized spacial score (nSPS) is 16.5. The second-order valence-corrected chi connectivity index (χ2v) is 4.59. The van der Waals surface area contributed by atoms with Crippen molar-refractivity contribution in [3.05, 3.63) is 29.8 Å². The summed E-state index contributed by atoms with van der Waals surface area (Å²) >= 11 is 0. The van der Waals surface area contributed by atoms with Gasteiger partial charge in [-0.15, -0.1) is 0 Å². The van der Waals surface area contributed by atoms with Gasteiger partial charge in [0.05, 0.1) is 12.2 Å². The standard InChI is InChI=1S/C13H21NO3/c1-3-12(14-8-13(2,17)9-15)10-4-6-11(16)7-5-10/h4-7,12,14-17H,3,8-9H2,1-2H3. The van der Waals surface area contributed by atoms with Crippen LogP contribution in [0.2, 0.25) is 0 Å². The van der Waals surface area contributed by atoms with Crippen LogP contribution in [-0.2, 0) is 0 Å². The first-order valence-electron chi connectivity index (χ1n) is 5.84. The van der Waals surface area contributed by atoms with Crippen molar-refractivity contribution in [2.75, 3.05) is 13.2 Å². The van der Waals surface area contributed by atoms with Crippen LogP contribution in [0.25, 0.3) is 0 Å². The zero-order chi connectivity index (χ0) is 12.9. The zero-order valence-corrected chi connectivity index (χ0v) is 10.3. The first-order chi connectivity index (χ1) is 7.98. The molecular weight excluding hydrogens is 218 g/mol. The molecule has 0 saturated heterocycles. The van der Waals surface area contributed by atoms with Crippen LogP contribution in [0.15, 0.2) is 24.3 Å². The average Bonchev–Trinajstić information content (AvgIpc) is 2.32. The molecule has 1 aromatic carbocycles. The van der Waals surface area contributed by atoms with Gasteiger partial charge in [-0.05, 0) is 31.0 Å². The molecular formula is C13H21NO3. The van der Waals surface area contributed by atoms with Crippen LogP contribution >= 0.6 is 0 Å². The van der Waals surface area contributed by atoms with Gasteiger partial charge >= 0.3 is 0 Å². The molecule has 0 aliphatic rings. The fourth-order valence-corrected chi connectivity index (χ4v) is 1.60. The zero-order valence-electron chi connectivity index (χ0n) is 10.3. The van der Waals surface area contributed by atoms with E-state index < -0.39 is 5.60 Å². The van der Waals surface area contributed by atoms with Crippen LogP contribution in [0.1, 0.15) is 31.9 Å². The van der Waals surface area contributed by atoms with E-state index in [0.717, 1.165) is 12.0 Å². The van der Waals surface area contributed by atoms with Crippen molar-refractivity contribution in [1.29, 1.82) is 0 Å². The minimum atomic E-state index is -1.11. The number of aromatic hydroxyl groups is 1. The molecule has 0 aromatic heterocycles. The number of rotatable bonds is 6. The molecule has 1 rings (SSSR count). The first kappa shape index (κ1) is 14.0. The van der Waals surface area contributed by atoms with E-state index in [0.29, 0.717) is 6.54 Å². The fourth-order valence-electron chi connectivity index (χ4n) is 1.60. The lowest BCUT2D eigenvalue weighted by atomic mass is 10.0. The summed E-state index contributed by atoms with van der Waals surface area (Å²) in [5.74, 6) is 0.242. The third-order valence-corrected chi connectivity index (χ3v) is 2.77. The topological polar surface area (TPSA) is 72.7 Å². The molecule has 1 aromatic rings. The molecule has 0 amide bonds. The van der Waals surface area contributed by atoms with E-state index in [-0.39, 0.29) is 18.4 Å². The number of phenols is 1. The van der Waals surface area contributed by atoms with Gasteiger partial charge in [0.1, 0.15) is 5.75 Å². The number of phenolic OH excluding ortho intramolecular Hbond substituents is 1. The number of aliphatic hydroxyl groups excluding tert-OH is 1. The minimum absolute atomic E-state index is 0.105. The summed E-state index contributed by atoms with van der Waals surface area (Å²) in [4.78, 5) is 0. The number of aliphatic hydroxyl groups is 2. The Bertz CT molecular complexity index is 335. The average molecular weight is 239 g/mol. The van der Waals surface area contributed by atoms with E-state index in [1.54, 1.807) is 19.1 Å². The van der Waals surface area contributed by atoms with Crippen LogP contribution in [0.3, 0.4) is 0 Å². The van der Waals surface area contributed by atoms with E-state index in [4.69, 9.17) is 5.11 Å². The molecule has 0 saturated carbocycles. The molecule has 17 heavy (non-hydrogen) atoms. The Labute approximate surface area is 102 Å². The van der Waals surface area contributed by atoms with Gasteiger partial charge < -0.3 is 20.6 Å². The van der Waals surface area contributed by atoms with Crippen LogP contribution in [0.5, 0.6) is 5.75 Å². The quantitative estimate of drug-likeness (QED) is 0.601. The Morgan fingerprint density at radius 1 is 1.29 bits per heavy atom. The van der Waals surface area contributed by atoms with E-state index in [2.05, 4.69) is 5.32 Å². The van der Waals surface area contributed by atoms with Gasteiger partial charge in [0.15, 0.2) is 0 Å². The van der Waals surface area contributed by atoms with E-state index in [1.165, 1.54) is 0 Å². The monoisotopic (exact) mass is 239 g/mol. The van der Waals surface area contributed by atoms with Crippen molar-refractivity contribution in [3.8, 4) is 5.75 Å². The number of nitrogens with one attached hydrogen (secondary N) is 1. The Hall–Kier alpha value is -1.10. The second-order valence-electron chi connectivity index (χ2n) is 4.59. The summed E-state index contributed by atoms with van der Waals surface area (Å²) in [6, 6.07) is 7.09. The van der Waals surface area contributed by atoms with E-state index in [1.807, 2.05) is 19.1 Å². The predicted octanol–water partition coefficient (Wildman–Crippen LogP) is 1.18. The van der Waals surface area contributed by atoms with Crippen LogP contribution in [0, 0.1) is 0 Å². The summed E-state index contributed by atoms with van der Waals surface area (Å²) in [7, 11) is 0. The Kier molecular flexibility index (Phi) is 4.93. The maximum Gasteiger partial charge on any atom is 0.115 e. The molecule has 4 nitrogen and oxygen atoms in total. The van der Waals surface area contributed by atoms with Crippen molar-refractivity contribution in [2.45, 2.75) is 31.9 Å². The molecule has 96 valence electrons. The molecule has 2 unspecified atom stereocenters. The lowest BCUT2D eigenvalue weighted by molar-refractivity contribution is 0.000592. The maximum absolute atomic E-state index is 9.71. The predicted molar refractivity (Wildman–Crippen MR) is 66.9 cm³/mol. The Morgan fingerprint density at radius 3 is 2.35 bits per heavy atom. The van der Waals surface area contributed by atoms with E-state index >= 15 is 0 Å². The Balaban J connectivity index is 2.63. The van der Waals surface area contributed by atoms with E-state index in [9.17, 15) is 10.2 Å². The molecule has 0 spiro atoms. The molecule has 0 radical (unpaired) electrons. The van der Waals surface area contributed by atoms with Crippen molar-refractivity contribution in [1.82, 2.24) is 5.32 Å². The summed E-state index contributed by atoms with van der Waals surface area (Å²) in [5.41, 5.74) is -0.0521. The lowest BCUT2D eigenvalue weighted by Crippen LogP contribution is -2.42. The van der Waals surface area contributed by atoms with Gasteiger partial charge in [0.25, 0.3) is 0 Å². The molecule has 0 heterocycles. The molecule has 0 fully saturated rings.